The number of piperazine rings is 1. The number of amides is 2. The average Bonchev–Trinajstić information content (AvgIpc) is 3.28. The molecule has 2 fully saturated rings. The Labute approximate surface area is 198 Å². The van der Waals surface area contributed by atoms with Gasteiger partial charge in [0.1, 0.15) is 0 Å². The van der Waals surface area contributed by atoms with Gasteiger partial charge in [0.25, 0.3) is 5.91 Å². The van der Waals surface area contributed by atoms with Crippen molar-refractivity contribution in [3.05, 3.63) is 59.5 Å². The number of rotatable bonds is 5. The number of nitrogens with zero attached hydrogens (tertiary/aromatic N) is 4. The van der Waals surface area contributed by atoms with Crippen LogP contribution in [0.3, 0.4) is 0 Å². The molecule has 34 heavy (non-hydrogen) atoms. The maximum Gasteiger partial charge on any atom is 0.254 e. The Morgan fingerprint density at radius 2 is 1.76 bits per heavy atom. The molecule has 2 aliphatic rings. The Kier molecular flexibility index (Phi) is 6.04. The molecule has 2 amide bonds. The van der Waals surface area contributed by atoms with Gasteiger partial charge >= 0.3 is 0 Å². The molecule has 0 bridgehead atoms. The third kappa shape index (κ3) is 4.53. The van der Waals surface area contributed by atoms with E-state index in [-0.39, 0.29) is 11.8 Å². The van der Waals surface area contributed by atoms with Crippen molar-refractivity contribution < 1.29 is 14.1 Å². The maximum atomic E-state index is 13.0. The smallest absolute Gasteiger partial charge is 0.254 e. The summed E-state index contributed by atoms with van der Waals surface area (Å²) < 4.78 is 5.44. The molecule has 1 N–H and O–H groups in total. The third-order valence-electron chi connectivity index (χ3n) is 6.75. The van der Waals surface area contributed by atoms with Gasteiger partial charge in [-0.05, 0) is 61.7 Å². The van der Waals surface area contributed by atoms with Crippen molar-refractivity contribution in [2.24, 2.45) is 0 Å². The highest BCUT2D eigenvalue weighted by molar-refractivity contribution is 5.97. The van der Waals surface area contributed by atoms with E-state index in [1.54, 1.807) is 6.07 Å². The van der Waals surface area contributed by atoms with Crippen LogP contribution in [0.25, 0.3) is 11.4 Å². The molecular weight excluding hydrogens is 430 g/mol. The largest absolute Gasteiger partial charge is 0.368 e. The molecule has 0 spiro atoms. The van der Waals surface area contributed by atoms with Crippen LogP contribution in [0.5, 0.6) is 0 Å². The van der Waals surface area contributed by atoms with Crippen LogP contribution in [0.1, 0.15) is 53.9 Å². The van der Waals surface area contributed by atoms with Gasteiger partial charge in [-0.3, -0.25) is 9.59 Å². The summed E-state index contributed by atoms with van der Waals surface area (Å²) in [4.78, 5) is 33.2. The lowest BCUT2D eigenvalue weighted by molar-refractivity contribution is -0.114. The maximum absolute atomic E-state index is 13.0. The van der Waals surface area contributed by atoms with Gasteiger partial charge in [0.15, 0.2) is 0 Å². The number of aryl methyl sites for hydroxylation is 1. The van der Waals surface area contributed by atoms with Crippen LogP contribution in [-0.4, -0.2) is 53.0 Å². The van der Waals surface area contributed by atoms with Gasteiger partial charge in [0, 0.05) is 61.5 Å². The second-order valence-electron chi connectivity index (χ2n) is 9.12. The standard InChI is InChI=1S/C26H29N5O3/c1-17-6-7-21(16-23(17)27-18(2)32)26(33)31-14-12-30(13-15-31)22-10-8-19(9-11-22)24-28-25(34-29-24)20-4-3-5-20/h6-11,16,20H,3-5,12-15H2,1-2H3,(H,27,32). The fourth-order valence-corrected chi connectivity index (χ4v) is 4.42. The van der Waals surface area contributed by atoms with Crippen molar-refractivity contribution in [3.8, 4) is 11.4 Å². The van der Waals surface area contributed by atoms with Crippen LogP contribution in [0.15, 0.2) is 47.0 Å². The first-order chi connectivity index (χ1) is 16.5. The van der Waals surface area contributed by atoms with Crippen molar-refractivity contribution in [3.63, 3.8) is 0 Å². The first-order valence-corrected chi connectivity index (χ1v) is 11.8. The summed E-state index contributed by atoms with van der Waals surface area (Å²) in [6, 6.07) is 13.7. The first-order valence-electron chi connectivity index (χ1n) is 11.8. The fourth-order valence-electron chi connectivity index (χ4n) is 4.42. The van der Waals surface area contributed by atoms with Crippen molar-refractivity contribution >= 4 is 23.2 Å². The second kappa shape index (κ2) is 9.29. The lowest BCUT2D eigenvalue weighted by atomic mass is 9.85. The zero-order valence-electron chi connectivity index (χ0n) is 19.6. The van der Waals surface area contributed by atoms with Gasteiger partial charge in [-0.25, -0.2) is 0 Å². The van der Waals surface area contributed by atoms with E-state index >= 15 is 0 Å². The molecule has 1 saturated heterocycles. The predicted molar refractivity (Wildman–Crippen MR) is 130 cm³/mol. The molecule has 0 unspecified atom stereocenters. The normalized spacial score (nSPS) is 16.3. The molecule has 0 atom stereocenters. The molecule has 1 aromatic heterocycles. The Hall–Kier alpha value is -3.68. The van der Waals surface area contributed by atoms with Crippen molar-refractivity contribution in [1.29, 1.82) is 0 Å². The molecule has 8 nitrogen and oxygen atoms in total. The van der Waals surface area contributed by atoms with Gasteiger partial charge in [-0.15, -0.1) is 0 Å². The summed E-state index contributed by atoms with van der Waals surface area (Å²) in [5.41, 5.74) is 4.26. The van der Waals surface area contributed by atoms with E-state index in [1.165, 1.54) is 13.3 Å². The minimum absolute atomic E-state index is 0.0130. The minimum Gasteiger partial charge on any atom is -0.368 e. The molecule has 1 saturated carbocycles. The van der Waals surface area contributed by atoms with Crippen molar-refractivity contribution in [2.45, 2.75) is 39.0 Å². The molecule has 176 valence electrons. The van der Waals surface area contributed by atoms with Crippen molar-refractivity contribution in [1.82, 2.24) is 15.0 Å². The molecule has 1 aliphatic heterocycles. The lowest BCUT2D eigenvalue weighted by Crippen LogP contribution is -2.48. The van der Waals surface area contributed by atoms with E-state index in [0.717, 1.165) is 48.6 Å². The number of carbonyl (C=O) groups is 2. The van der Waals surface area contributed by atoms with E-state index in [2.05, 4.69) is 32.5 Å². The summed E-state index contributed by atoms with van der Waals surface area (Å²) in [5, 5.41) is 6.95. The molecule has 1 aliphatic carbocycles. The highest BCUT2D eigenvalue weighted by atomic mass is 16.5. The van der Waals surface area contributed by atoms with E-state index in [0.29, 0.717) is 36.1 Å². The molecule has 3 aromatic rings. The number of aromatic nitrogens is 2. The van der Waals surface area contributed by atoms with Gasteiger partial charge in [0.2, 0.25) is 17.6 Å². The number of benzene rings is 2. The van der Waals surface area contributed by atoms with E-state index in [1.807, 2.05) is 36.1 Å². The monoisotopic (exact) mass is 459 g/mol. The summed E-state index contributed by atoms with van der Waals surface area (Å²) in [6.45, 7) is 6.16. The van der Waals surface area contributed by atoms with Crippen molar-refractivity contribution in [2.75, 3.05) is 36.4 Å². The van der Waals surface area contributed by atoms with Crippen LogP contribution in [-0.2, 0) is 4.79 Å². The summed E-state index contributed by atoms with van der Waals surface area (Å²) in [6.07, 6.45) is 3.50. The highest BCUT2D eigenvalue weighted by Crippen LogP contribution is 2.36. The van der Waals surface area contributed by atoms with E-state index in [4.69, 9.17) is 4.52 Å². The van der Waals surface area contributed by atoms with Crippen LogP contribution in [0, 0.1) is 6.92 Å². The summed E-state index contributed by atoms with van der Waals surface area (Å²) in [7, 11) is 0. The highest BCUT2D eigenvalue weighted by Gasteiger charge is 2.26. The number of anilines is 2. The van der Waals surface area contributed by atoms with Crippen LogP contribution >= 0.6 is 0 Å². The second-order valence-corrected chi connectivity index (χ2v) is 9.12. The molecule has 2 aromatic carbocycles. The number of hydrogen-bond donors (Lipinski definition) is 1. The molecule has 2 heterocycles. The summed E-state index contributed by atoms with van der Waals surface area (Å²) >= 11 is 0. The minimum atomic E-state index is -0.148. The fraction of sp³-hybridized carbons (Fsp3) is 0.385. The number of nitrogens with one attached hydrogen (secondary N) is 1. The van der Waals surface area contributed by atoms with Gasteiger partial charge in [-0.2, -0.15) is 4.98 Å². The topological polar surface area (TPSA) is 91.6 Å². The third-order valence-corrected chi connectivity index (χ3v) is 6.75. The molecule has 8 heteroatoms. The van der Waals surface area contributed by atoms with Gasteiger partial charge in [-0.1, -0.05) is 17.6 Å². The Bertz CT molecular complexity index is 1190. The van der Waals surface area contributed by atoms with Gasteiger partial charge in [0.05, 0.1) is 0 Å². The molecular formula is C26H29N5O3. The predicted octanol–water partition coefficient (Wildman–Crippen LogP) is 4.23. The zero-order valence-corrected chi connectivity index (χ0v) is 19.6. The van der Waals surface area contributed by atoms with Crippen LogP contribution in [0.4, 0.5) is 11.4 Å². The van der Waals surface area contributed by atoms with E-state index in [9.17, 15) is 9.59 Å². The summed E-state index contributed by atoms with van der Waals surface area (Å²) in [5.74, 6) is 1.66. The average molecular weight is 460 g/mol. The number of carbonyl (C=O) groups excluding carboxylic acids is 2. The van der Waals surface area contributed by atoms with Crippen LogP contribution < -0.4 is 10.2 Å². The Morgan fingerprint density at radius 3 is 2.41 bits per heavy atom. The molecule has 0 radical (unpaired) electrons. The zero-order chi connectivity index (χ0) is 23.7. The SMILES string of the molecule is CC(=O)Nc1cc(C(=O)N2CCN(c3ccc(-c4noc(C5CCC5)n4)cc3)CC2)ccc1C. The first kappa shape index (κ1) is 22.1. The number of hydrogen-bond acceptors (Lipinski definition) is 6. The Morgan fingerprint density at radius 1 is 1.03 bits per heavy atom. The Balaban J connectivity index is 1.20. The quantitative estimate of drug-likeness (QED) is 0.614. The van der Waals surface area contributed by atoms with E-state index < -0.39 is 0 Å². The van der Waals surface area contributed by atoms with Crippen LogP contribution in [0.2, 0.25) is 0 Å². The van der Waals surface area contributed by atoms with Gasteiger partial charge < -0.3 is 19.6 Å². The lowest BCUT2D eigenvalue weighted by Gasteiger charge is -2.36. The molecule has 5 rings (SSSR count).